The Labute approximate surface area is 153 Å². The first-order chi connectivity index (χ1) is 11.9. The maximum atomic E-state index is 12.3. The molecule has 0 saturated carbocycles. The zero-order valence-electron chi connectivity index (χ0n) is 15.4. The molecule has 134 valence electrons. The van der Waals surface area contributed by atoms with Gasteiger partial charge < -0.3 is 14.8 Å². The van der Waals surface area contributed by atoms with Crippen LogP contribution in [0.2, 0.25) is 0 Å². The number of carbonyl (C=O) groups is 1. The number of hydrogen-bond acceptors (Lipinski definition) is 4. The Hall–Kier alpha value is -2.14. The number of hydrogen-bond donors (Lipinski definition) is 1. The number of carbonyl (C=O) groups excluding carboxylic acids is 1. The van der Waals surface area contributed by atoms with Crippen molar-refractivity contribution in [1.29, 1.82) is 0 Å². The summed E-state index contributed by atoms with van der Waals surface area (Å²) in [6.45, 7) is 6.15. The summed E-state index contributed by atoms with van der Waals surface area (Å²) < 4.78 is 10.5. The van der Waals surface area contributed by atoms with Gasteiger partial charge in [-0.15, -0.1) is 11.8 Å². The average Bonchev–Trinajstić information content (AvgIpc) is 2.59. The fourth-order valence-electron chi connectivity index (χ4n) is 2.73. The van der Waals surface area contributed by atoms with Crippen molar-refractivity contribution in [3.63, 3.8) is 0 Å². The number of thioether (sulfide) groups is 1. The third kappa shape index (κ3) is 5.16. The highest BCUT2D eigenvalue weighted by Gasteiger charge is 2.13. The standard InChI is InChI=1S/C20H25NO3S/c1-13-6-8-17(14(2)10-13)15(3)21-20(22)12-25-16-7-9-18(23-4)19(11-16)24-5/h6-11,15H,12H2,1-5H3,(H,21,22)/t15-/m0/s1. The fraction of sp³-hybridized carbons (Fsp3) is 0.350. The van der Waals surface area contributed by atoms with Gasteiger partial charge in [-0.1, -0.05) is 23.8 Å². The Morgan fingerprint density at radius 2 is 1.80 bits per heavy atom. The molecular formula is C20H25NO3S. The van der Waals surface area contributed by atoms with Gasteiger partial charge in [0, 0.05) is 4.90 Å². The second kappa shape index (κ2) is 8.81. The Bertz CT molecular complexity index is 746. The molecule has 2 rings (SSSR count). The molecule has 4 nitrogen and oxygen atoms in total. The van der Waals surface area contributed by atoms with Gasteiger partial charge in [0.1, 0.15) is 0 Å². The quantitative estimate of drug-likeness (QED) is 0.749. The van der Waals surface area contributed by atoms with Crippen molar-refractivity contribution < 1.29 is 14.3 Å². The maximum absolute atomic E-state index is 12.3. The van der Waals surface area contributed by atoms with Crippen LogP contribution < -0.4 is 14.8 Å². The molecule has 0 fully saturated rings. The van der Waals surface area contributed by atoms with E-state index in [1.807, 2.05) is 25.1 Å². The molecule has 25 heavy (non-hydrogen) atoms. The van der Waals surface area contributed by atoms with Gasteiger partial charge in [0.05, 0.1) is 26.0 Å². The van der Waals surface area contributed by atoms with Gasteiger partial charge in [-0.25, -0.2) is 0 Å². The monoisotopic (exact) mass is 359 g/mol. The van der Waals surface area contributed by atoms with Crippen molar-refractivity contribution in [2.75, 3.05) is 20.0 Å². The Kier molecular flexibility index (Phi) is 6.76. The number of methoxy groups -OCH3 is 2. The van der Waals surface area contributed by atoms with Crippen LogP contribution in [0.4, 0.5) is 0 Å². The summed E-state index contributed by atoms with van der Waals surface area (Å²) in [7, 11) is 3.21. The second-order valence-electron chi connectivity index (χ2n) is 5.95. The number of rotatable bonds is 7. The van der Waals surface area contributed by atoms with Gasteiger partial charge in [0.25, 0.3) is 0 Å². The van der Waals surface area contributed by atoms with Gasteiger partial charge in [-0.05, 0) is 50.1 Å². The normalized spacial score (nSPS) is 11.7. The zero-order chi connectivity index (χ0) is 18.4. The Balaban J connectivity index is 1.94. The van der Waals surface area contributed by atoms with Crippen molar-refractivity contribution >= 4 is 17.7 Å². The first-order valence-electron chi connectivity index (χ1n) is 8.16. The minimum Gasteiger partial charge on any atom is -0.493 e. The predicted molar refractivity (Wildman–Crippen MR) is 103 cm³/mol. The van der Waals surface area contributed by atoms with Gasteiger partial charge in [-0.3, -0.25) is 4.79 Å². The third-order valence-electron chi connectivity index (χ3n) is 3.99. The highest BCUT2D eigenvalue weighted by molar-refractivity contribution is 8.00. The van der Waals surface area contributed by atoms with E-state index >= 15 is 0 Å². The van der Waals surface area contributed by atoms with E-state index in [0.29, 0.717) is 17.3 Å². The molecule has 0 aliphatic heterocycles. The molecule has 5 heteroatoms. The largest absolute Gasteiger partial charge is 0.493 e. The minimum atomic E-state index is -0.0147. The van der Waals surface area contributed by atoms with E-state index in [4.69, 9.17) is 9.47 Å². The molecular weight excluding hydrogens is 334 g/mol. The van der Waals surface area contributed by atoms with E-state index in [2.05, 4.69) is 37.4 Å². The molecule has 2 aromatic carbocycles. The van der Waals surface area contributed by atoms with Crippen LogP contribution in [0.1, 0.15) is 29.7 Å². The smallest absolute Gasteiger partial charge is 0.230 e. The summed E-state index contributed by atoms with van der Waals surface area (Å²) in [4.78, 5) is 13.2. The molecule has 0 spiro atoms. The molecule has 0 unspecified atom stereocenters. The number of benzene rings is 2. The Morgan fingerprint density at radius 1 is 1.08 bits per heavy atom. The molecule has 2 aromatic rings. The van der Waals surface area contributed by atoms with E-state index in [1.165, 1.54) is 22.9 Å². The molecule has 0 aromatic heterocycles. The fourth-order valence-corrected chi connectivity index (χ4v) is 3.46. The summed E-state index contributed by atoms with van der Waals surface area (Å²) in [5.41, 5.74) is 3.57. The Morgan fingerprint density at radius 3 is 2.44 bits per heavy atom. The summed E-state index contributed by atoms with van der Waals surface area (Å²) >= 11 is 1.47. The van der Waals surface area contributed by atoms with Crippen LogP contribution in [0.3, 0.4) is 0 Å². The third-order valence-corrected chi connectivity index (χ3v) is 4.99. The summed E-state index contributed by atoms with van der Waals surface area (Å²) in [5, 5.41) is 3.06. The first kappa shape index (κ1) is 19.2. The molecule has 0 aliphatic carbocycles. The lowest BCUT2D eigenvalue weighted by atomic mass is 10.0. The zero-order valence-corrected chi connectivity index (χ0v) is 16.2. The van der Waals surface area contributed by atoms with Crippen LogP contribution in [0.15, 0.2) is 41.3 Å². The van der Waals surface area contributed by atoms with E-state index in [-0.39, 0.29) is 11.9 Å². The molecule has 0 heterocycles. The summed E-state index contributed by atoms with van der Waals surface area (Å²) in [5.74, 6) is 1.70. The first-order valence-corrected chi connectivity index (χ1v) is 9.14. The summed E-state index contributed by atoms with van der Waals surface area (Å²) in [6.07, 6.45) is 0. The van der Waals surface area contributed by atoms with Crippen molar-refractivity contribution in [3.8, 4) is 11.5 Å². The lowest BCUT2D eigenvalue weighted by Crippen LogP contribution is -2.28. The van der Waals surface area contributed by atoms with Crippen LogP contribution in [0.5, 0.6) is 11.5 Å². The SMILES string of the molecule is COc1ccc(SCC(=O)N[C@@H](C)c2ccc(C)cc2C)cc1OC. The molecule has 0 bridgehead atoms. The van der Waals surface area contributed by atoms with E-state index < -0.39 is 0 Å². The lowest BCUT2D eigenvalue weighted by molar-refractivity contribution is -0.119. The highest BCUT2D eigenvalue weighted by atomic mass is 32.2. The number of ether oxygens (including phenoxy) is 2. The van der Waals surface area contributed by atoms with E-state index in [1.54, 1.807) is 14.2 Å². The van der Waals surface area contributed by atoms with Crippen molar-refractivity contribution in [1.82, 2.24) is 5.32 Å². The molecule has 0 aliphatic rings. The van der Waals surface area contributed by atoms with Crippen LogP contribution in [-0.2, 0) is 4.79 Å². The molecule has 0 saturated heterocycles. The van der Waals surface area contributed by atoms with Gasteiger partial charge in [0.2, 0.25) is 5.91 Å². The molecule has 1 amide bonds. The van der Waals surface area contributed by atoms with E-state index in [9.17, 15) is 4.79 Å². The molecule has 1 atom stereocenters. The van der Waals surface area contributed by atoms with E-state index in [0.717, 1.165) is 10.5 Å². The van der Waals surface area contributed by atoms with Gasteiger partial charge in [0.15, 0.2) is 11.5 Å². The number of aryl methyl sites for hydroxylation is 2. The number of nitrogens with one attached hydrogen (secondary N) is 1. The highest BCUT2D eigenvalue weighted by Crippen LogP contribution is 2.31. The lowest BCUT2D eigenvalue weighted by Gasteiger charge is -2.17. The van der Waals surface area contributed by atoms with Crippen LogP contribution in [0.25, 0.3) is 0 Å². The van der Waals surface area contributed by atoms with Gasteiger partial charge in [-0.2, -0.15) is 0 Å². The van der Waals surface area contributed by atoms with Crippen LogP contribution in [-0.4, -0.2) is 25.9 Å². The van der Waals surface area contributed by atoms with Crippen molar-refractivity contribution in [2.45, 2.75) is 31.7 Å². The maximum Gasteiger partial charge on any atom is 0.230 e. The average molecular weight is 359 g/mol. The predicted octanol–water partition coefficient (Wildman–Crippen LogP) is 4.29. The van der Waals surface area contributed by atoms with Gasteiger partial charge >= 0.3 is 0 Å². The topological polar surface area (TPSA) is 47.6 Å². The van der Waals surface area contributed by atoms with Crippen molar-refractivity contribution in [3.05, 3.63) is 53.1 Å². The summed E-state index contributed by atoms with van der Waals surface area (Å²) in [6, 6.07) is 11.9. The minimum absolute atomic E-state index is 0.00672. The van der Waals surface area contributed by atoms with Crippen LogP contribution >= 0.6 is 11.8 Å². The number of amides is 1. The second-order valence-corrected chi connectivity index (χ2v) is 7.00. The van der Waals surface area contributed by atoms with Crippen LogP contribution in [0, 0.1) is 13.8 Å². The van der Waals surface area contributed by atoms with Crippen molar-refractivity contribution in [2.24, 2.45) is 0 Å². The molecule has 1 N–H and O–H groups in total. The molecule has 0 radical (unpaired) electrons.